The Morgan fingerprint density at radius 3 is 2.10 bits per heavy atom. The third-order valence-electron chi connectivity index (χ3n) is 4.25. The van der Waals surface area contributed by atoms with Gasteiger partial charge in [-0.25, -0.2) is 17.6 Å². The Morgan fingerprint density at radius 1 is 1.05 bits per heavy atom. The summed E-state index contributed by atoms with van der Waals surface area (Å²) in [7, 11) is 0. The molecule has 0 amide bonds. The second-order valence-corrected chi connectivity index (χ2v) is 6.68. The van der Waals surface area contributed by atoms with E-state index in [0.29, 0.717) is 32.0 Å². The number of rotatable bonds is 2. The molecule has 1 aromatic carbocycles. The van der Waals surface area contributed by atoms with Gasteiger partial charge in [0, 0.05) is 17.5 Å². The number of piperidine rings is 1. The van der Waals surface area contributed by atoms with E-state index in [0.717, 1.165) is 12.1 Å². The lowest BCUT2D eigenvalue weighted by atomic mass is 9.85. The fourth-order valence-electron chi connectivity index (χ4n) is 2.89. The van der Waals surface area contributed by atoms with Gasteiger partial charge < -0.3 is 0 Å². The summed E-state index contributed by atoms with van der Waals surface area (Å²) in [6.45, 7) is 7.26. The Labute approximate surface area is 122 Å². The first-order valence-electron chi connectivity index (χ1n) is 7.21. The smallest absolute Gasteiger partial charge is 0.278 e. The molecule has 118 valence electrons. The summed E-state index contributed by atoms with van der Waals surface area (Å²) in [4.78, 5) is 2.15. The molecular formula is C16H21F4N. The molecule has 0 atom stereocenters. The molecule has 2 rings (SSSR count). The predicted octanol–water partition coefficient (Wildman–Crippen LogP) is 4.57. The lowest BCUT2D eigenvalue weighted by Gasteiger charge is -2.42. The van der Waals surface area contributed by atoms with Crippen LogP contribution in [0.4, 0.5) is 17.6 Å². The van der Waals surface area contributed by atoms with E-state index in [9.17, 15) is 17.6 Å². The molecule has 5 heteroatoms. The lowest BCUT2D eigenvalue weighted by Crippen LogP contribution is -2.48. The molecule has 0 radical (unpaired) electrons. The molecule has 1 aliphatic rings. The first-order valence-corrected chi connectivity index (χ1v) is 7.21. The van der Waals surface area contributed by atoms with Crippen LogP contribution in [0.3, 0.4) is 0 Å². The average Bonchev–Trinajstić information content (AvgIpc) is 2.37. The van der Waals surface area contributed by atoms with E-state index >= 15 is 0 Å². The number of likely N-dealkylation sites (tertiary alicyclic amines) is 1. The second-order valence-electron chi connectivity index (χ2n) is 6.68. The predicted molar refractivity (Wildman–Crippen MR) is 74.3 cm³/mol. The molecule has 1 heterocycles. The van der Waals surface area contributed by atoms with Crippen LogP contribution >= 0.6 is 0 Å². The molecule has 1 fully saturated rings. The van der Waals surface area contributed by atoms with Crippen molar-refractivity contribution < 1.29 is 17.6 Å². The molecule has 1 nitrogen and oxygen atoms in total. The minimum Gasteiger partial charge on any atom is -0.298 e. The third-order valence-corrected chi connectivity index (χ3v) is 4.25. The first kappa shape index (κ1) is 16.3. The molecule has 0 aromatic heterocycles. The average molecular weight is 303 g/mol. The number of benzene rings is 1. The highest BCUT2D eigenvalue weighted by Crippen LogP contribution is 2.43. The van der Waals surface area contributed by atoms with E-state index in [1.165, 1.54) is 0 Å². The van der Waals surface area contributed by atoms with Crippen molar-refractivity contribution in [3.8, 4) is 0 Å². The first-order chi connectivity index (χ1) is 9.62. The van der Waals surface area contributed by atoms with Crippen LogP contribution in [0, 0.1) is 17.6 Å². The Morgan fingerprint density at radius 2 is 1.62 bits per heavy atom. The molecule has 1 aromatic rings. The summed E-state index contributed by atoms with van der Waals surface area (Å²) >= 11 is 0. The zero-order chi connectivity index (χ0) is 15.8. The Kier molecular flexibility index (Phi) is 4.34. The summed E-state index contributed by atoms with van der Waals surface area (Å²) in [5.74, 6) is -6.18. The van der Waals surface area contributed by atoms with Crippen molar-refractivity contribution >= 4 is 0 Å². The van der Waals surface area contributed by atoms with Gasteiger partial charge in [-0.15, -0.1) is 0 Å². The maximum Gasteiger partial charge on any atom is 0.278 e. The largest absolute Gasteiger partial charge is 0.298 e. The van der Waals surface area contributed by atoms with E-state index in [1.54, 1.807) is 0 Å². The highest BCUT2D eigenvalue weighted by molar-refractivity contribution is 5.24. The number of nitrogens with zero attached hydrogens (tertiary/aromatic N) is 1. The van der Waals surface area contributed by atoms with Gasteiger partial charge in [0.05, 0.1) is 5.56 Å². The van der Waals surface area contributed by atoms with Crippen LogP contribution in [0.2, 0.25) is 0 Å². The van der Waals surface area contributed by atoms with Crippen molar-refractivity contribution in [1.29, 1.82) is 0 Å². The van der Waals surface area contributed by atoms with Crippen molar-refractivity contribution in [1.82, 2.24) is 4.90 Å². The summed E-state index contributed by atoms with van der Waals surface area (Å²) in [5, 5.41) is 0. The van der Waals surface area contributed by atoms with Crippen LogP contribution in [-0.2, 0) is 5.92 Å². The summed E-state index contributed by atoms with van der Waals surface area (Å²) in [5.41, 5.74) is -0.750. The summed E-state index contributed by atoms with van der Waals surface area (Å²) < 4.78 is 55.5. The Hall–Kier alpha value is -1.10. The quantitative estimate of drug-likeness (QED) is 0.724. The lowest BCUT2D eigenvalue weighted by molar-refractivity contribution is -0.0943. The Bertz CT molecular complexity index is 499. The van der Waals surface area contributed by atoms with Crippen LogP contribution in [0.25, 0.3) is 0 Å². The molecular weight excluding hydrogens is 282 g/mol. The number of hydrogen-bond donors (Lipinski definition) is 0. The number of alkyl halides is 2. The minimum atomic E-state index is -3.26. The van der Waals surface area contributed by atoms with Gasteiger partial charge in [0.2, 0.25) is 0 Å². The number of hydrogen-bond acceptors (Lipinski definition) is 1. The molecule has 0 saturated carbocycles. The van der Waals surface area contributed by atoms with Gasteiger partial charge in [0.1, 0.15) is 11.6 Å². The molecule has 0 aliphatic carbocycles. The van der Waals surface area contributed by atoms with Gasteiger partial charge in [-0.3, -0.25) is 4.90 Å². The molecule has 0 bridgehead atoms. The highest BCUT2D eigenvalue weighted by atomic mass is 19.3. The van der Waals surface area contributed by atoms with Crippen molar-refractivity contribution in [3.05, 3.63) is 35.4 Å². The van der Waals surface area contributed by atoms with Crippen LogP contribution in [0.5, 0.6) is 0 Å². The Balaban J connectivity index is 2.14. The maximum absolute atomic E-state index is 14.5. The van der Waals surface area contributed by atoms with Gasteiger partial charge in [-0.05, 0) is 58.8 Å². The normalized spacial score (nSPS) is 19.0. The van der Waals surface area contributed by atoms with Crippen molar-refractivity contribution in [2.75, 3.05) is 13.1 Å². The third kappa shape index (κ3) is 3.39. The van der Waals surface area contributed by atoms with E-state index in [4.69, 9.17) is 0 Å². The van der Waals surface area contributed by atoms with Gasteiger partial charge in [-0.2, -0.15) is 0 Å². The fourth-order valence-corrected chi connectivity index (χ4v) is 2.89. The van der Waals surface area contributed by atoms with E-state index in [2.05, 4.69) is 4.90 Å². The SMILES string of the molecule is CC(C)(C)N1CCC(C(F)(F)c2ccc(F)cc2F)CC1. The summed E-state index contributed by atoms with van der Waals surface area (Å²) in [6, 6.07) is 2.27. The molecule has 0 N–H and O–H groups in total. The molecule has 0 unspecified atom stereocenters. The van der Waals surface area contributed by atoms with E-state index < -0.39 is 29.0 Å². The number of halogens is 4. The second kappa shape index (κ2) is 5.59. The zero-order valence-corrected chi connectivity index (χ0v) is 12.6. The van der Waals surface area contributed by atoms with Crippen molar-refractivity contribution in [2.24, 2.45) is 5.92 Å². The van der Waals surface area contributed by atoms with Crippen molar-refractivity contribution in [2.45, 2.75) is 45.1 Å². The van der Waals surface area contributed by atoms with Gasteiger partial charge in [0.15, 0.2) is 0 Å². The topological polar surface area (TPSA) is 3.24 Å². The van der Waals surface area contributed by atoms with Gasteiger partial charge >= 0.3 is 0 Å². The minimum absolute atomic E-state index is 0.0542. The fraction of sp³-hybridized carbons (Fsp3) is 0.625. The van der Waals surface area contributed by atoms with Gasteiger partial charge in [-0.1, -0.05) is 0 Å². The van der Waals surface area contributed by atoms with E-state index in [1.807, 2.05) is 20.8 Å². The van der Waals surface area contributed by atoms with Crippen LogP contribution in [-0.4, -0.2) is 23.5 Å². The zero-order valence-electron chi connectivity index (χ0n) is 12.6. The monoisotopic (exact) mass is 303 g/mol. The summed E-state index contributed by atoms with van der Waals surface area (Å²) in [6.07, 6.45) is 0.613. The standard InChI is InChI=1S/C16H21F4N/c1-15(2,3)21-8-6-11(7-9-21)16(19,20)13-5-4-12(17)10-14(13)18/h4-5,10-11H,6-9H2,1-3H3. The highest BCUT2D eigenvalue weighted by Gasteiger charge is 2.45. The van der Waals surface area contributed by atoms with Crippen LogP contribution in [0.15, 0.2) is 18.2 Å². The molecule has 1 saturated heterocycles. The van der Waals surface area contributed by atoms with Crippen LogP contribution in [0.1, 0.15) is 39.2 Å². The molecule has 21 heavy (non-hydrogen) atoms. The van der Waals surface area contributed by atoms with Crippen molar-refractivity contribution in [3.63, 3.8) is 0 Å². The molecule has 1 aliphatic heterocycles. The van der Waals surface area contributed by atoms with Crippen LogP contribution < -0.4 is 0 Å². The maximum atomic E-state index is 14.5. The van der Waals surface area contributed by atoms with Gasteiger partial charge in [0.25, 0.3) is 5.92 Å². The van der Waals surface area contributed by atoms with E-state index in [-0.39, 0.29) is 5.54 Å². The molecule has 0 spiro atoms.